The minimum absolute atomic E-state index is 0.147. The molecule has 0 saturated heterocycles. The van der Waals surface area contributed by atoms with Crippen molar-refractivity contribution in [2.45, 2.75) is 24.4 Å². The van der Waals surface area contributed by atoms with Crippen LogP contribution in [0.15, 0.2) is 48.5 Å². The summed E-state index contributed by atoms with van der Waals surface area (Å²) in [6.45, 7) is 0.294. The molecular weight excluding hydrogens is 483 g/mol. The molecule has 0 aromatic heterocycles. The number of aliphatic carboxylic acids is 1. The van der Waals surface area contributed by atoms with Crippen molar-refractivity contribution in [1.82, 2.24) is 0 Å². The highest BCUT2D eigenvalue weighted by atomic mass is 31.2. The van der Waals surface area contributed by atoms with Crippen LogP contribution in [0.25, 0.3) is 0 Å². The van der Waals surface area contributed by atoms with Crippen LogP contribution < -0.4 is 0 Å². The zero-order chi connectivity index (χ0) is 25.8. The van der Waals surface area contributed by atoms with Gasteiger partial charge in [0.05, 0.1) is 13.2 Å². The number of rotatable bonds is 12. The van der Waals surface area contributed by atoms with E-state index < -0.39 is 41.7 Å². The Morgan fingerprint density at radius 1 is 0.824 bits per heavy atom. The number of carboxylic acid groups (broad SMARTS) is 1. The summed E-state index contributed by atoms with van der Waals surface area (Å²) >= 11 is 0. The molecular formula is C22H25F4O7P. The molecule has 0 atom stereocenters. The maximum Gasteiger partial charge on any atom is 0.399 e. The van der Waals surface area contributed by atoms with E-state index in [1.54, 1.807) is 0 Å². The summed E-state index contributed by atoms with van der Waals surface area (Å²) in [4.78, 5) is 28.6. The lowest BCUT2D eigenvalue weighted by molar-refractivity contribution is -0.166. The molecule has 0 amide bonds. The normalized spacial score (nSPS) is 13.2. The van der Waals surface area contributed by atoms with Crippen LogP contribution >= 0.6 is 7.60 Å². The molecule has 188 valence electrons. The average molecular weight is 508 g/mol. The van der Waals surface area contributed by atoms with E-state index in [2.05, 4.69) is 0 Å². The van der Waals surface area contributed by atoms with Crippen LogP contribution in [0.2, 0.25) is 0 Å². The number of methoxy groups -OCH3 is 2. The smallest absolute Gasteiger partial charge is 0.399 e. The largest absolute Gasteiger partial charge is 0.477 e. The highest BCUT2D eigenvalue weighted by molar-refractivity contribution is 7.52. The average Bonchev–Trinajstić information content (AvgIpc) is 2.74. The van der Waals surface area contributed by atoms with Gasteiger partial charge in [-0.25, -0.2) is 4.79 Å². The van der Waals surface area contributed by atoms with Gasteiger partial charge in [-0.1, -0.05) is 48.5 Å². The minimum atomic E-state index is -5.70. The van der Waals surface area contributed by atoms with Gasteiger partial charge in [-0.3, -0.25) is 4.57 Å². The van der Waals surface area contributed by atoms with Crippen molar-refractivity contribution in [2.24, 2.45) is 5.41 Å². The third kappa shape index (κ3) is 6.22. The van der Waals surface area contributed by atoms with Gasteiger partial charge in [0.1, 0.15) is 0 Å². The van der Waals surface area contributed by atoms with Crippen LogP contribution in [-0.2, 0) is 43.3 Å². The fraction of sp³-hybridized carbons (Fsp3) is 0.409. The van der Waals surface area contributed by atoms with E-state index in [0.29, 0.717) is 11.1 Å². The number of ether oxygens (including phenoxy) is 2. The lowest BCUT2D eigenvalue weighted by atomic mass is 9.77. The fourth-order valence-corrected chi connectivity index (χ4v) is 4.22. The topological polar surface area (TPSA) is 113 Å². The van der Waals surface area contributed by atoms with Crippen molar-refractivity contribution < 1.29 is 51.3 Å². The number of benzene rings is 2. The molecule has 0 aliphatic rings. The molecule has 2 aromatic carbocycles. The molecule has 2 aromatic rings. The van der Waals surface area contributed by atoms with Gasteiger partial charge in [0.15, 0.2) is 0 Å². The number of hydrogen-bond acceptors (Lipinski definition) is 4. The Morgan fingerprint density at radius 3 is 1.53 bits per heavy atom. The molecule has 12 heteroatoms. The zero-order valence-electron chi connectivity index (χ0n) is 18.4. The van der Waals surface area contributed by atoms with Gasteiger partial charge in [0.25, 0.3) is 0 Å². The van der Waals surface area contributed by atoms with Crippen molar-refractivity contribution in [3.8, 4) is 0 Å². The molecule has 0 spiro atoms. The second-order valence-corrected chi connectivity index (χ2v) is 9.73. The van der Waals surface area contributed by atoms with Crippen LogP contribution in [-0.4, -0.2) is 48.3 Å². The molecule has 0 radical (unpaired) electrons. The minimum Gasteiger partial charge on any atom is -0.477 e. The van der Waals surface area contributed by atoms with Crippen molar-refractivity contribution in [2.75, 3.05) is 27.4 Å². The van der Waals surface area contributed by atoms with E-state index in [1.165, 1.54) is 38.5 Å². The van der Waals surface area contributed by atoms with E-state index in [4.69, 9.17) is 24.4 Å². The summed E-state index contributed by atoms with van der Waals surface area (Å²) in [5.41, 5.74) is -5.45. The van der Waals surface area contributed by atoms with Gasteiger partial charge in [0, 0.05) is 30.8 Å². The van der Waals surface area contributed by atoms with E-state index in [0.717, 1.165) is 24.3 Å². The van der Waals surface area contributed by atoms with Crippen LogP contribution in [0, 0.1) is 5.41 Å². The Hall–Kier alpha value is -2.30. The summed E-state index contributed by atoms with van der Waals surface area (Å²) < 4.78 is 77.1. The summed E-state index contributed by atoms with van der Waals surface area (Å²) in [5, 5.41) is 8.70. The molecule has 0 unspecified atom stereocenters. The van der Waals surface area contributed by atoms with Crippen LogP contribution in [0.5, 0.6) is 0 Å². The fourth-order valence-electron chi connectivity index (χ4n) is 3.73. The molecule has 7 nitrogen and oxygen atoms in total. The second-order valence-electron chi connectivity index (χ2n) is 8.08. The van der Waals surface area contributed by atoms with Crippen LogP contribution in [0.1, 0.15) is 22.3 Å². The molecule has 0 aliphatic heterocycles. The molecule has 0 fully saturated rings. The molecule has 34 heavy (non-hydrogen) atoms. The summed E-state index contributed by atoms with van der Waals surface area (Å²) in [6, 6.07) is 9.28. The lowest BCUT2D eigenvalue weighted by Gasteiger charge is -2.33. The second kappa shape index (κ2) is 10.5. The standard InChI is InChI=1S/C22H25F4O7P/c1-32-13-20(14-33-2,11-15-3-7-17(8-4-15)21(23,24)19(27)28)12-16-5-9-18(10-6-16)22(25,26)34(29,30)31/h3-10H,11-14H2,1-2H3,(H,27,28)(H2,29,30,31). The number of halogens is 4. The van der Waals surface area contributed by atoms with E-state index in [9.17, 15) is 26.9 Å². The first kappa shape index (κ1) is 27.9. The quantitative estimate of drug-likeness (QED) is 0.292. The van der Waals surface area contributed by atoms with Crippen LogP contribution in [0.4, 0.5) is 17.6 Å². The van der Waals surface area contributed by atoms with Gasteiger partial charge < -0.3 is 24.4 Å². The molecule has 2 rings (SSSR count). The van der Waals surface area contributed by atoms with Crippen molar-refractivity contribution in [1.29, 1.82) is 0 Å². The molecule has 0 aliphatic carbocycles. The third-order valence-corrected chi connectivity index (χ3v) is 6.30. The molecule has 0 heterocycles. The first-order chi connectivity index (χ1) is 15.7. The lowest BCUT2D eigenvalue weighted by Crippen LogP contribution is -2.36. The van der Waals surface area contributed by atoms with Gasteiger partial charge in [-0.15, -0.1) is 0 Å². The molecule has 0 saturated carbocycles. The van der Waals surface area contributed by atoms with Crippen molar-refractivity contribution in [3.63, 3.8) is 0 Å². The molecule has 0 bridgehead atoms. The Kier molecular flexibility index (Phi) is 8.66. The summed E-state index contributed by atoms with van der Waals surface area (Å²) in [6.07, 6.45) is 0.497. The van der Waals surface area contributed by atoms with E-state index in [1.807, 2.05) is 0 Å². The Bertz CT molecular complexity index is 1010. The van der Waals surface area contributed by atoms with E-state index in [-0.39, 0.29) is 26.1 Å². The summed E-state index contributed by atoms with van der Waals surface area (Å²) in [7, 11) is -2.80. The third-order valence-electron chi connectivity index (χ3n) is 5.31. The number of carbonyl (C=O) groups is 1. The zero-order valence-corrected chi connectivity index (χ0v) is 19.3. The first-order valence-electron chi connectivity index (χ1n) is 9.90. The van der Waals surface area contributed by atoms with Gasteiger partial charge in [-0.2, -0.15) is 17.6 Å². The van der Waals surface area contributed by atoms with Gasteiger partial charge >= 0.3 is 25.2 Å². The SMILES string of the molecule is COCC(COC)(Cc1ccc(C(F)(F)C(=O)O)cc1)Cc1ccc(C(F)(F)P(=O)(O)O)cc1. The van der Waals surface area contributed by atoms with Gasteiger partial charge in [-0.05, 0) is 24.0 Å². The highest BCUT2D eigenvalue weighted by Gasteiger charge is 2.50. The Labute approximate surface area is 193 Å². The first-order valence-corrected chi connectivity index (χ1v) is 11.5. The molecule has 3 N–H and O–H groups in total. The predicted octanol–water partition coefficient (Wildman–Crippen LogP) is 4.15. The predicted molar refractivity (Wildman–Crippen MR) is 114 cm³/mol. The Morgan fingerprint density at radius 2 is 1.21 bits per heavy atom. The Balaban J connectivity index is 2.33. The van der Waals surface area contributed by atoms with Crippen molar-refractivity contribution >= 4 is 13.6 Å². The van der Waals surface area contributed by atoms with Gasteiger partial charge in [0.2, 0.25) is 0 Å². The van der Waals surface area contributed by atoms with Crippen molar-refractivity contribution in [3.05, 3.63) is 70.8 Å². The highest BCUT2D eigenvalue weighted by Crippen LogP contribution is 2.59. The number of carboxylic acids is 1. The maximum atomic E-state index is 13.9. The van der Waals surface area contributed by atoms with Crippen LogP contribution in [0.3, 0.4) is 0 Å². The number of hydrogen-bond donors (Lipinski definition) is 3. The number of alkyl halides is 4. The maximum absolute atomic E-state index is 13.9. The monoisotopic (exact) mass is 508 g/mol. The summed E-state index contributed by atoms with van der Waals surface area (Å²) in [5.74, 6) is -6.30. The van der Waals surface area contributed by atoms with E-state index >= 15 is 0 Å².